The van der Waals surface area contributed by atoms with Crippen molar-refractivity contribution in [2.45, 2.75) is 32.3 Å². The zero-order valence-corrected chi connectivity index (χ0v) is 15.9. The maximum atomic E-state index is 12.3. The van der Waals surface area contributed by atoms with Gasteiger partial charge in [-0.25, -0.2) is 0 Å². The predicted octanol–water partition coefficient (Wildman–Crippen LogP) is 3.82. The van der Waals surface area contributed by atoms with Crippen molar-refractivity contribution in [1.82, 2.24) is 4.98 Å². The number of fused-ring (bicyclic) bond motifs is 1. The Morgan fingerprint density at radius 3 is 2.68 bits per heavy atom. The molecule has 1 aromatic heterocycles. The molecule has 0 amide bonds. The lowest BCUT2D eigenvalue weighted by Crippen LogP contribution is -2.21. The zero-order chi connectivity index (χ0) is 18.8. The van der Waals surface area contributed by atoms with Gasteiger partial charge in [0.25, 0.3) is 5.69 Å². The van der Waals surface area contributed by atoms with E-state index in [1.807, 2.05) is 0 Å². The minimum absolute atomic E-state index is 0.0450. The molecule has 1 N–H and O–H groups in total. The summed E-state index contributed by atoms with van der Waals surface area (Å²) in [7, 11) is -1.27. The van der Waals surface area contributed by atoms with Gasteiger partial charge in [-0.05, 0) is 6.04 Å². The molecule has 9 heteroatoms. The molecule has 132 valence electrons. The Morgan fingerprint density at radius 2 is 2.12 bits per heavy atom. The lowest BCUT2D eigenvalue weighted by Gasteiger charge is -2.16. The number of H-pyrrole nitrogens is 1. The van der Waals surface area contributed by atoms with Gasteiger partial charge < -0.3 is 9.72 Å². The second-order valence-corrected chi connectivity index (χ2v) is 12.9. The van der Waals surface area contributed by atoms with E-state index in [1.54, 1.807) is 6.07 Å². The monoisotopic (exact) mass is 379 g/mol. The highest BCUT2D eigenvalue weighted by Gasteiger charge is 2.22. The molecule has 0 aliphatic rings. The molecule has 0 spiro atoms. The van der Waals surface area contributed by atoms with Crippen LogP contribution in [0.25, 0.3) is 10.9 Å². The van der Waals surface area contributed by atoms with Crippen molar-refractivity contribution in [3.05, 3.63) is 48.8 Å². The number of nitro benzene ring substituents is 1. The summed E-state index contributed by atoms with van der Waals surface area (Å²) in [6.07, 6.45) is 1.28. The minimum atomic E-state index is -1.27. The maximum Gasteiger partial charge on any atom is 0.289 e. The minimum Gasteiger partial charge on any atom is -0.377 e. The molecule has 1 heterocycles. The van der Waals surface area contributed by atoms with Crippen molar-refractivity contribution < 1.29 is 9.66 Å². The van der Waals surface area contributed by atoms with Gasteiger partial charge >= 0.3 is 0 Å². The van der Waals surface area contributed by atoms with Gasteiger partial charge in [0.2, 0.25) is 5.43 Å². The first kappa shape index (κ1) is 19.1. The summed E-state index contributed by atoms with van der Waals surface area (Å²) in [5, 5.41) is 20.2. The van der Waals surface area contributed by atoms with Crippen molar-refractivity contribution >= 4 is 36.3 Å². The molecule has 0 fully saturated rings. The third kappa shape index (κ3) is 4.25. The van der Waals surface area contributed by atoms with Crippen molar-refractivity contribution in [2.75, 3.05) is 6.61 Å². The molecule has 2 rings (SSSR count). The van der Waals surface area contributed by atoms with Gasteiger partial charge in [-0.3, -0.25) is 14.9 Å². The molecule has 7 nitrogen and oxygen atoms in total. The van der Waals surface area contributed by atoms with E-state index in [9.17, 15) is 14.9 Å². The molecule has 0 unspecified atom stereocenters. The van der Waals surface area contributed by atoms with Crippen molar-refractivity contribution in [1.29, 1.82) is 5.26 Å². The first-order chi connectivity index (χ1) is 11.7. The molecule has 0 saturated heterocycles. The van der Waals surface area contributed by atoms with E-state index < -0.39 is 18.4 Å². The van der Waals surface area contributed by atoms with E-state index in [2.05, 4.69) is 24.6 Å². The van der Waals surface area contributed by atoms with Crippen LogP contribution in [0.15, 0.2) is 17.1 Å². The van der Waals surface area contributed by atoms with Crippen LogP contribution < -0.4 is 5.43 Å². The number of nitrogens with one attached hydrogen (secondary N) is 1. The Labute approximate surface area is 150 Å². The second kappa shape index (κ2) is 7.35. The molecule has 0 bridgehead atoms. The quantitative estimate of drug-likeness (QED) is 0.355. The second-order valence-electron chi connectivity index (χ2n) is 6.87. The smallest absolute Gasteiger partial charge is 0.289 e. The predicted molar refractivity (Wildman–Crippen MR) is 98.8 cm³/mol. The number of nitro groups is 1. The average Bonchev–Trinajstić information content (AvgIpc) is 2.52. The Bertz CT molecular complexity index is 928. The molecule has 0 aliphatic carbocycles. The van der Waals surface area contributed by atoms with Gasteiger partial charge in [-0.1, -0.05) is 31.2 Å². The third-order valence-electron chi connectivity index (χ3n) is 3.75. The first-order valence-electron chi connectivity index (χ1n) is 7.64. The summed E-state index contributed by atoms with van der Waals surface area (Å²) in [4.78, 5) is 25.8. The molecule has 0 saturated carbocycles. The molecule has 2 aromatic rings. The van der Waals surface area contributed by atoms with Gasteiger partial charge in [0.1, 0.15) is 16.7 Å². The van der Waals surface area contributed by atoms with E-state index in [0.717, 1.165) is 12.1 Å². The van der Waals surface area contributed by atoms with Crippen LogP contribution in [0.5, 0.6) is 0 Å². The van der Waals surface area contributed by atoms with E-state index >= 15 is 0 Å². The molecule has 0 aliphatic heterocycles. The average molecular weight is 380 g/mol. The van der Waals surface area contributed by atoms with Crippen molar-refractivity contribution in [3.8, 4) is 6.07 Å². The highest BCUT2D eigenvalue weighted by molar-refractivity contribution is 6.76. The SMILES string of the molecule is C[Si](C)(C)CCOCc1c(Cl)c([N+](=O)[O-])cc2c(=O)c(C#N)c[nH]c12. The summed E-state index contributed by atoms with van der Waals surface area (Å²) in [6, 6.07) is 3.80. The standard InChI is InChI=1S/C16H18ClN3O4Si/c1-25(2,3)5-4-24-9-12-14(17)13(20(22)23)6-11-15(12)19-8-10(7-18)16(11)21/h6,8H,4-5,9H2,1-3H3,(H,19,21). The number of benzene rings is 1. The Morgan fingerprint density at radius 1 is 1.44 bits per heavy atom. The topological polar surface area (TPSA) is 109 Å². The molecular formula is C16H18ClN3O4Si. The Balaban J connectivity index is 2.52. The molecule has 0 atom stereocenters. The van der Waals surface area contributed by atoms with Gasteiger partial charge in [0.15, 0.2) is 0 Å². The summed E-state index contributed by atoms with van der Waals surface area (Å²) >= 11 is 6.18. The molecule has 1 aromatic carbocycles. The lowest BCUT2D eigenvalue weighted by atomic mass is 10.1. The lowest BCUT2D eigenvalue weighted by molar-refractivity contribution is -0.384. The van der Waals surface area contributed by atoms with Crippen LogP contribution in [-0.4, -0.2) is 24.6 Å². The van der Waals surface area contributed by atoms with Crippen molar-refractivity contribution in [2.24, 2.45) is 0 Å². The highest BCUT2D eigenvalue weighted by Crippen LogP contribution is 2.33. The van der Waals surface area contributed by atoms with E-state index in [1.165, 1.54) is 6.20 Å². The Kier molecular flexibility index (Phi) is 5.62. The van der Waals surface area contributed by atoms with Crippen LogP contribution in [0.4, 0.5) is 5.69 Å². The van der Waals surface area contributed by atoms with Crippen LogP contribution >= 0.6 is 11.6 Å². The Hall–Kier alpha value is -2.21. The van der Waals surface area contributed by atoms with E-state index in [-0.39, 0.29) is 28.3 Å². The summed E-state index contributed by atoms with van der Waals surface area (Å²) in [5.74, 6) is 0. The molecular weight excluding hydrogens is 362 g/mol. The number of ether oxygens (including phenoxy) is 1. The van der Waals surface area contributed by atoms with Crippen LogP contribution in [0.3, 0.4) is 0 Å². The number of rotatable bonds is 6. The van der Waals surface area contributed by atoms with Crippen LogP contribution in [0, 0.1) is 21.4 Å². The number of halogens is 1. The number of nitrogens with zero attached hydrogens (tertiary/aromatic N) is 2. The third-order valence-corrected chi connectivity index (χ3v) is 5.88. The zero-order valence-electron chi connectivity index (χ0n) is 14.2. The first-order valence-corrected chi connectivity index (χ1v) is 11.7. The highest BCUT2D eigenvalue weighted by atomic mass is 35.5. The largest absolute Gasteiger partial charge is 0.377 e. The number of aromatic amines is 1. The molecule has 25 heavy (non-hydrogen) atoms. The van der Waals surface area contributed by atoms with Gasteiger partial charge in [0.05, 0.1) is 22.4 Å². The normalized spacial score (nSPS) is 11.5. The van der Waals surface area contributed by atoms with E-state index in [0.29, 0.717) is 17.7 Å². The number of aromatic nitrogens is 1. The van der Waals surface area contributed by atoms with Crippen molar-refractivity contribution in [3.63, 3.8) is 0 Å². The van der Waals surface area contributed by atoms with Crippen LogP contribution in [0.2, 0.25) is 30.7 Å². The van der Waals surface area contributed by atoms with Crippen LogP contribution in [-0.2, 0) is 11.3 Å². The maximum absolute atomic E-state index is 12.3. The number of hydrogen-bond acceptors (Lipinski definition) is 5. The number of nitriles is 1. The number of hydrogen-bond donors (Lipinski definition) is 1. The summed E-state index contributed by atoms with van der Waals surface area (Å²) in [6.45, 7) is 7.20. The fourth-order valence-corrected chi connectivity index (χ4v) is 3.33. The van der Waals surface area contributed by atoms with Crippen LogP contribution in [0.1, 0.15) is 11.1 Å². The van der Waals surface area contributed by atoms with Gasteiger partial charge in [-0.2, -0.15) is 5.26 Å². The van der Waals surface area contributed by atoms with E-state index in [4.69, 9.17) is 21.6 Å². The fourth-order valence-electron chi connectivity index (χ4n) is 2.30. The van der Waals surface area contributed by atoms with Gasteiger partial charge in [-0.15, -0.1) is 0 Å². The number of pyridine rings is 1. The summed E-state index contributed by atoms with van der Waals surface area (Å²) in [5.41, 5.74) is -0.358. The fraction of sp³-hybridized carbons (Fsp3) is 0.375. The molecule has 0 radical (unpaired) electrons. The van der Waals surface area contributed by atoms with Gasteiger partial charge in [0, 0.05) is 32.5 Å². The summed E-state index contributed by atoms with van der Waals surface area (Å²) < 4.78 is 5.66.